The van der Waals surface area contributed by atoms with Gasteiger partial charge in [0.05, 0.1) is 6.61 Å². The summed E-state index contributed by atoms with van der Waals surface area (Å²) < 4.78 is 7.02. The summed E-state index contributed by atoms with van der Waals surface area (Å²) in [4.78, 5) is 2.63. The Hall–Kier alpha value is -0.290. The molecule has 1 aromatic carbocycles. The highest BCUT2D eigenvalue weighted by atomic mass is 127. The largest absolute Gasteiger partial charge is 0.494 e. The number of likely N-dealkylation sites (tertiary alicyclic amines) is 1. The van der Waals surface area contributed by atoms with E-state index in [4.69, 9.17) is 4.74 Å². The second-order valence-corrected chi connectivity index (χ2v) is 7.46. The molecule has 0 amide bonds. The van der Waals surface area contributed by atoms with Crippen molar-refractivity contribution in [2.45, 2.75) is 33.1 Å². The third-order valence-electron chi connectivity index (χ3n) is 3.90. The van der Waals surface area contributed by atoms with E-state index in [0.717, 1.165) is 30.6 Å². The first kappa shape index (κ1) is 16.1. The van der Waals surface area contributed by atoms with Crippen LogP contribution in [0.4, 0.5) is 0 Å². The van der Waals surface area contributed by atoms with E-state index in [2.05, 4.69) is 65.6 Å². The fourth-order valence-electron chi connectivity index (χ4n) is 3.13. The Morgan fingerprint density at radius 2 is 1.75 bits per heavy atom. The first-order valence-corrected chi connectivity index (χ1v) is 8.82. The maximum absolute atomic E-state index is 5.77. The van der Waals surface area contributed by atoms with Crippen LogP contribution in [0.5, 0.6) is 5.75 Å². The molecule has 0 aromatic heterocycles. The Balaban J connectivity index is 1.58. The molecule has 2 atom stereocenters. The predicted molar refractivity (Wildman–Crippen MR) is 93.3 cm³/mol. The van der Waals surface area contributed by atoms with E-state index in [0.29, 0.717) is 0 Å². The Morgan fingerprint density at radius 3 is 2.40 bits per heavy atom. The van der Waals surface area contributed by atoms with Gasteiger partial charge in [0.1, 0.15) is 5.75 Å². The average molecular weight is 387 g/mol. The summed E-state index contributed by atoms with van der Waals surface area (Å²) in [6, 6.07) is 8.28. The molecule has 1 aliphatic heterocycles. The van der Waals surface area contributed by atoms with Crippen LogP contribution in [-0.2, 0) is 0 Å². The topological polar surface area (TPSA) is 12.5 Å². The van der Waals surface area contributed by atoms with Crippen LogP contribution in [-0.4, -0.2) is 31.1 Å². The summed E-state index contributed by atoms with van der Waals surface area (Å²) in [6.45, 7) is 9.37. The van der Waals surface area contributed by atoms with E-state index in [1.807, 2.05) is 0 Å². The Labute approximate surface area is 137 Å². The molecule has 1 heterocycles. The molecule has 2 nitrogen and oxygen atoms in total. The minimum absolute atomic E-state index is 0.833. The number of ether oxygens (including phenoxy) is 1. The number of rotatable bonds is 6. The van der Waals surface area contributed by atoms with Gasteiger partial charge in [-0.15, -0.1) is 0 Å². The molecule has 1 aliphatic rings. The van der Waals surface area contributed by atoms with Gasteiger partial charge in [-0.3, -0.25) is 0 Å². The fourth-order valence-corrected chi connectivity index (χ4v) is 3.49. The molecule has 0 N–H and O–H groups in total. The van der Waals surface area contributed by atoms with Crippen molar-refractivity contribution < 1.29 is 4.74 Å². The average Bonchev–Trinajstić information content (AvgIpc) is 2.39. The first-order valence-electron chi connectivity index (χ1n) is 7.74. The van der Waals surface area contributed by atoms with Gasteiger partial charge in [0.2, 0.25) is 0 Å². The molecule has 112 valence electrons. The van der Waals surface area contributed by atoms with Crippen molar-refractivity contribution >= 4 is 22.6 Å². The highest BCUT2D eigenvalue weighted by molar-refractivity contribution is 14.1. The van der Waals surface area contributed by atoms with Crippen LogP contribution in [0, 0.1) is 15.4 Å². The van der Waals surface area contributed by atoms with Crippen molar-refractivity contribution in [2.24, 2.45) is 11.8 Å². The molecule has 0 spiro atoms. The first-order chi connectivity index (χ1) is 9.63. The lowest BCUT2D eigenvalue weighted by Gasteiger charge is -2.34. The minimum Gasteiger partial charge on any atom is -0.494 e. The number of benzene rings is 1. The van der Waals surface area contributed by atoms with Crippen molar-refractivity contribution in [1.29, 1.82) is 0 Å². The van der Waals surface area contributed by atoms with Gasteiger partial charge in [-0.05, 0) is 84.5 Å². The minimum atomic E-state index is 0.833. The van der Waals surface area contributed by atoms with Crippen LogP contribution in [0.2, 0.25) is 0 Å². The van der Waals surface area contributed by atoms with E-state index in [-0.39, 0.29) is 0 Å². The van der Waals surface area contributed by atoms with E-state index in [9.17, 15) is 0 Å². The van der Waals surface area contributed by atoms with Gasteiger partial charge in [-0.25, -0.2) is 0 Å². The summed E-state index contributed by atoms with van der Waals surface area (Å²) >= 11 is 2.31. The van der Waals surface area contributed by atoms with Crippen LogP contribution >= 0.6 is 22.6 Å². The molecule has 0 unspecified atom stereocenters. The van der Waals surface area contributed by atoms with Crippen LogP contribution in [0.1, 0.15) is 33.1 Å². The zero-order chi connectivity index (χ0) is 14.4. The molecule has 1 saturated heterocycles. The van der Waals surface area contributed by atoms with E-state index < -0.39 is 0 Å². The fraction of sp³-hybridized carbons (Fsp3) is 0.647. The van der Waals surface area contributed by atoms with E-state index >= 15 is 0 Å². The van der Waals surface area contributed by atoms with Gasteiger partial charge < -0.3 is 9.64 Å². The molecule has 0 bridgehead atoms. The monoisotopic (exact) mass is 387 g/mol. The van der Waals surface area contributed by atoms with E-state index in [1.54, 1.807) is 0 Å². The molecule has 0 radical (unpaired) electrons. The van der Waals surface area contributed by atoms with Gasteiger partial charge in [0.25, 0.3) is 0 Å². The zero-order valence-corrected chi connectivity index (χ0v) is 14.8. The van der Waals surface area contributed by atoms with Gasteiger partial charge in [0, 0.05) is 16.7 Å². The smallest absolute Gasteiger partial charge is 0.119 e. The number of nitrogens with zero attached hydrogens (tertiary/aromatic N) is 1. The van der Waals surface area contributed by atoms with Crippen molar-refractivity contribution in [3.8, 4) is 5.75 Å². The third-order valence-corrected chi connectivity index (χ3v) is 4.61. The highest BCUT2D eigenvalue weighted by Gasteiger charge is 2.20. The van der Waals surface area contributed by atoms with Crippen molar-refractivity contribution in [3.05, 3.63) is 27.8 Å². The lowest BCUT2D eigenvalue weighted by Crippen LogP contribution is -2.39. The number of halogens is 1. The Bertz CT molecular complexity index is 382. The summed E-state index contributed by atoms with van der Waals surface area (Å²) in [5, 5.41) is 0. The summed E-state index contributed by atoms with van der Waals surface area (Å²) in [5.41, 5.74) is 0. The Morgan fingerprint density at radius 1 is 1.10 bits per heavy atom. The number of unbranched alkanes of at least 4 members (excludes halogenated alkanes) is 1. The molecule has 2 rings (SSSR count). The SMILES string of the molecule is C[C@@H]1C[C@@H](C)CN(CCCCOc2ccc(I)cc2)C1. The number of hydrogen-bond donors (Lipinski definition) is 0. The second-order valence-electron chi connectivity index (χ2n) is 6.22. The maximum Gasteiger partial charge on any atom is 0.119 e. The molecule has 0 aliphatic carbocycles. The predicted octanol–water partition coefficient (Wildman–Crippen LogP) is 4.43. The molecule has 3 heteroatoms. The van der Waals surface area contributed by atoms with Gasteiger partial charge >= 0.3 is 0 Å². The van der Waals surface area contributed by atoms with Crippen LogP contribution < -0.4 is 4.74 Å². The van der Waals surface area contributed by atoms with Crippen LogP contribution in [0.15, 0.2) is 24.3 Å². The second kappa shape index (κ2) is 8.23. The van der Waals surface area contributed by atoms with Crippen molar-refractivity contribution in [2.75, 3.05) is 26.2 Å². The summed E-state index contributed by atoms with van der Waals surface area (Å²) in [5.74, 6) is 2.72. The number of piperidine rings is 1. The quantitative estimate of drug-likeness (QED) is 0.529. The summed E-state index contributed by atoms with van der Waals surface area (Å²) in [7, 11) is 0. The number of hydrogen-bond acceptors (Lipinski definition) is 2. The molecule has 20 heavy (non-hydrogen) atoms. The third kappa shape index (κ3) is 5.60. The van der Waals surface area contributed by atoms with Gasteiger partial charge in [-0.1, -0.05) is 13.8 Å². The molecular formula is C17H26INO. The molecule has 0 saturated carbocycles. The lowest BCUT2D eigenvalue weighted by molar-refractivity contribution is 0.136. The van der Waals surface area contributed by atoms with Gasteiger partial charge in [-0.2, -0.15) is 0 Å². The molecule has 1 aromatic rings. The van der Waals surface area contributed by atoms with Crippen molar-refractivity contribution in [1.82, 2.24) is 4.90 Å². The van der Waals surface area contributed by atoms with Gasteiger partial charge in [0.15, 0.2) is 0 Å². The maximum atomic E-state index is 5.77. The lowest BCUT2D eigenvalue weighted by atomic mass is 9.92. The zero-order valence-electron chi connectivity index (χ0n) is 12.6. The van der Waals surface area contributed by atoms with Crippen LogP contribution in [0.25, 0.3) is 0 Å². The standard InChI is InChI=1S/C17H26INO/c1-14-11-15(2)13-19(12-14)9-3-4-10-20-17-7-5-16(18)6-8-17/h5-8,14-15H,3-4,9-13H2,1-2H3/t14-,15-/m1/s1. The Kier molecular flexibility index (Phi) is 6.62. The molecule has 1 fully saturated rings. The van der Waals surface area contributed by atoms with E-state index in [1.165, 1.54) is 36.0 Å². The normalized spacial score (nSPS) is 23.8. The summed E-state index contributed by atoms with van der Waals surface area (Å²) in [6.07, 6.45) is 3.78. The highest BCUT2D eigenvalue weighted by Crippen LogP contribution is 2.21. The van der Waals surface area contributed by atoms with Crippen molar-refractivity contribution in [3.63, 3.8) is 0 Å². The van der Waals surface area contributed by atoms with Crippen LogP contribution in [0.3, 0.4) is 0 Å². The molecular weight excluding hydrogens is 361 g/mol.